The SMILES string of the molecule is CC(Cc1cccc(OI)c1)C(=O)O. The number of carbonyl (C=O) groups is 1. The van der Waals surface area contributed by atoms with Crippen LogP contribution in [0.3, 0.4) is 0 Å². The van der Waals surface area contributed by atoms with Gasteiger partial charge in [0, 0.05) is 0 Å². The Bertz CT molecular complexity index is 325. The molecule has 1 atom stereocenters. The van der Waals surface area contributed by atoms with Crippen molar-refractivity contribution in [2.45, 2.75) is 13.3 Å². The Kier molecular flexibility index (Phi) is 4.19. The molecule has 0 aliphatic rings. The van der Waals surface area contributed by atoms with Crippen molar-refractivity contribution in [1.29, 1.82) is 0 Å². The van der Waals surface area contributed by atoms with E-state index in [-0.39, 0.29) is 5.92 Å². The number of rotatable bonds is 4. The minimum atomic E-state index is -0.772. The van der Waals surface area contributed by atoms with Gasteiger partial charge in [-0.1, -0.05) is 19.1 Å². The fourth-order valence-electron chi connectivity index (χ4n) is 1.16. The van der Waals surface area contributed by atoms with E-state index >= 15 is 0 Å². The van der Waals surface area contributed by atoms with E-state index in [9.17, 15) is 4.79 Å². The molecule has 1 rings (SSSR count). The molecule has 0 saturated heterocycles. The highest BCUT2D eigenvalue weighted by Crippen LogP contribution is 2.17. The van der Waals surface area contributed by atoms with Crippen LogP contribution in [-0.2, 0) is 11.2 Å². The molecule has 0 amide bonds. The Labute approximate surface area is 96.8 Å². The molecular formula is C10H11IO3. The van der Waals surface area contributed by atoms with E-state index in [1.54, 1.807) is 29.9 Å². The zero-order valence-electron chi connectivity index (χ0n) is 7.74. The Morgan fingerprint density at radius 2 is 2.36 bits per heavy atom. The fraction of sp³-hybridized carbons (Fsp3) is 0.300. The summed E-state index contributed by atoms with van der Waals surface area (Å²) >= 11 is 1.80. The van der Waals surface area contributed by atoms with E-state index in [0.717, 1.165) is 11.3 Å². The van der Waals surface area contributed by atoms with E-state index in [0.29, 0.717) is 6.42 Å². The van der Waals surface area contributed by atoms with Gasteiger partial charge in [0.25, 0.3) is 0 Å². The lowest BCUT2D eigenvalue weighted by molar-refractivity contribution is -0.141. The normalized spacial score (nSPS) is 12.1. The smallest absolute Gasteiger partial charge is 0.306 e. The summed E-state index contributed by atoms with van der Waals surface area (Å²) < 4.78 is 5.02. The maximum absolute atomic E-state index is 10.6. The molecule has 0 aromatic heterocycles. The molecule has 0 saturated carbocycles. The van der Waals surface area contributed by atoms with E-state index in [4.69, 9.17) is 8.17 Å². The van der Waals surface area contributed by atoms with Crippen LogP contribution < -0.4 is 3.07 Å². The number of carboxylic acids is 1. The molecule has 4 heteroatoms. The van der Waals surface area contributed by atoms with Crippen LogP contribution in [-0.4, -0.2) is 11.1 Å². The van der Waals surface area contributed by atoms with Gasteiger partial charge < -0.3 is 8.17 Å². The van der Waals surface area contributed by atoms with Gasteiger partial charge in [0.1, 0.15) is 5.75 Å². The van der Waals surface area contributed by atoms with E-state index in [1.165, 1.54) is 0 Å². The summed E-state index contributed by atoms with van der Waals surface area (Å²) in [6, 6.07) is 7.45. The van der Waals surface area contributed by atoms with Crippen LogP contribution >= 0.6 is 23.0 Å². The van der Waals surface area contributed by atoms with Crippen molar-refractivity contribution < 1.29 is 13.0 Å². The molecule has 1 aromatic rings. The summed E-state index contributed by atoms with van der Waals surface area (Å²) in [7, 11) is 0. The summed E-state index contributed by atoms with van der Waals surface area (Å²) in [6.45, 7) is 1.69. The summed E-state index contributed by atoms with van der Waals surface area (Å²) in [6.07, 6.45) is 0.531. The number of carboxylic acid groups (broad SMARTS) is 1. The maximum atomic E-state index is 10.6. The molecule has 3 nitrogen and oxygen atoms in total. The molecule has 0 bridgehead atoms. The van der Waals surface area contributed by atoms with Crippen LogP contribution in [0.5, 0.6) is 5.75 Å². The first kappa shape index (κ1) is 11.3. The van der Waals surface area contributed by atoms with Gasteiger partial charge in [0.15, 0.2) is 23.0 Å². The summed E-state index contributed by atoms with van der Waals surface area (Å²) in [5, 5.41) is 8.74. The van der Waals surface area contributed by atoms with Gasteiger partial charge in [-0.15, -0.1) is 0 Å². The third-order valence-electron chi connectivity index (χ3n) is 1.95. The largest absolute Gasteiger partial charge is 0.481 e. The standard InChI is InChI=1S/C10H11IO3/c1-7(10(12)13)5-8-3-2-4-9(6-8)14-11/h2-4,6-7H,5H2,1H3,(H,12,13). The molecule has 0 aliphatic heterocycles. The molecule has 0 heterocycles. The van der Waals surface area contributed by atoms with Gasteiger partial charge >= 0.3 is 5.97 Å². The van der Waals surface area contributed by atoms with Crippen molar-refractivity contribution in [2.24, 2.45) is 5.92 Å². The molecule has 14 heavy (non-hydrogen) atoms. The van der Waals surface area contributed by atoms with Crippen LogP contribution in [0.15, 0.2) is 24.3 Å². The second-order valence-corrected chi connectivity index (χ2v) is 3.61. The van der Waals surface area contributed by atoms with E-state index in [1.807, 2.05) is 24.3 Å². The van der Waals surface area contributed by atoms with E-state index < -0.39 is 5.97 Å². The van der Waals surface area contributed by atoms with Crippen molar-refractivity contribution in [3.05, 3.63) is 29.8 Å². The van der Waals surface area contributed by atoms with Crippen molar-refractivity contribution in [2.75, 3.05) is 0 Å². The van der Waals surface area contributed by atoms with Gasteiger partial charge in [0.2, 0.25) is 0 Å². The first-order valence-electron chi connectivity index (χ1n) is 4.24. The number of halogens is 1. The molecule has 0 aliphatic carbocycles. The van der Waals surface area contributed by atoms with Crippen LogP contribution in [0.25, 0.3) is 0 Å². The zero-order chi connectivity index (χ0) is 10.6. The Morgan fingerprint density at radius 3 is 2.93 bits per heavy atom. The van der Waals surface area contributed by atoms with Crippen LogP contribution in [0.1, 0.15) is 12.5 Å². The summed E-state index contributed by atoms with van der Waals surface area (Å²) in [5.41, 5.74) is 0.981. The predicted octanol–water partition coefficient (Wildman–Crippen LogP) is 2.68. The first-order valence-corrected chi connectivity index (χ1v) is 5.12. The molecule has 1 aromatic carbocycles. The number of hydrogen-bond donors (Lipinski definition) is 1. The Balaban J connectivity index is 2.71. The van der Waals surface area contributed by atoms with Crippen molar-refractivity contribution in [1.82, 2.24) is 0 Å². The highest BCUT2D eigenvalue weighted by atomic mass is 127. The lowest BCUT2D eigenvalue weighted by Crippen LogP contribution is -2.12. The number of aliphatic carboxylic acids is 1. The number of hydrogen-bond acceptors (Lipinski definition) is 2. The topological polar surface area (TPSA) is 46.5 Å². The molecule has 0 spiro atoms. The van der Waals surface area contributed by atoms with Gasteiger partial charge in [-0.3, -0.25) is 4.79 Å². The molecule has 0 radical (unpaired) electrons. The predicted molar refractivity (Wildman–Crippen MR) is 61.6 cm³/mol. The Hall–Kier alpha value is -0.780. The minimum absolute atomic E-state index is 0.362. The molecule has 1 unspecified atom stereocenters. The lowest BCUT2D eigenvalue weighted by Gasteiger charge is -2.06. The van der Waals surface area contributed by atoms with Crippen LogP contribution in [0.2, 0.25) is 0 Å². The van der Waals surface area contributed by atoms with Gasteiger partial charge in [-0.25, -0.2) is 0 Å². The van der Waals surface area contributed by atoms with Crippen molar-refractivity contribution >= 4 is 29.0 Å². The summed E-state index contributed by atoms with van der Waals surface area (Å²) in [4.78, 5) is 10.6. The number of benzene rings is 1. The van der Waals surface area contributed by atoms with Crippen LogP contribution in [0.4, 0.5) is 0 Å². The molecule has 76 valence electrons. The van der Waals surface area contributed by atoms with Crippen molar-refractivity contribution in [3.63, 3.8) is 0 Å². The van der Waals surface area contributed by atoms with Crippen molar-refractivity contribution in [3.8, 4) is 5.75 Å². The summed E-state index contributed by atoms with van der Waals surface area (Å²) in [5.74, 6) is -0.383. The molecule has 1 N–H and O–H groups in total. The van der Waals surface area contributed by atoms with E-state index in [2.05, 4.69) is 0 Å². The van der Waals surface area contributed by atoms with Gasteiger partial charge in [-0.2, -0.15) is 0 Å². The third-order valence-corrected chi connectivity index (χ3v) is 2.46. The second-order valence-electron chi connectivity index (χ2n) is 3.17. The fourth-order valence-corrected chi connectivity index (χ4v) is 1.44. The quantitative estimate of drug-likeness (QED) is 0.870. The minimum Gasteiger partial charge on any atom is -0.481 e. The highest BCUT2D eigenvalue weighted by Gasteiger charge is 2.11. The lowest BCUT2D eigenvalue weighted by atomic mass is 10.0. The van der Waals surface area contributed by atoms with Crippen LogP contribution in [0, 0.1) is 5.92 Å². The molecular weight excluding hydrogens is 295 g/mol. The Morgan fingerprint density at radius 1 is 1.64 bits per heavy atom. The third kappa shape index (κ3) is 3.17. The zero-order valence-corrected chi connectivity index (χ0v) is 9.89. The monoisotopic (exact) mass is 306 g/mol. The average Bonchev–Trinajstić information content (AvgIpc) is 2.18. The van der Waals surface area contributed by atoms with Gasteiger partial charge in [0.05, 0.1) is 5.92 Å². The highest BCUT2D eigenvalue weighted by molar-refractivity contribution is 14.1. The van der Waals surface area contributed by atoms with Gasteiger partial charge in [-0.05, 0) is 24.1 Å². The average molecular weight is 306 g/mol. The maximum Gasteiger partial charge on any atom is 0.306 e. The first-order chi connectivity index (χ1) is 6.63. The molecule has 0 fully saturated rings. The second kappa shape index (κ2) is 5.19.